The Bertz CT molecular complexity index is 1090. The lowest BCUT2D eigenvalue weighted by Gasteiger charge is -2.03. The zero-order valence-electron chi connectivity index (χ0n) is 12.6. The highest BCUT2D eigenvalue weighted by atomic mass is 35.5. The van der Waals surface area contributed by atoms with E-state index in [2.05, 4.69) is 0 Å². The molecule has 1 aromatic heterocycles. The van der Waals surface area contributed by atoms with Gasteiger partial charge in [-0.2, -0.15) is 0 Å². The molecule has 0 aliphatic carbocycles. The third-order valence-electron chi connectivity index (χ3n) is 3.94. The highest BCUT2D eigenvalue weighted by Crippen LogP contribution is 2.37. The quantitative estimate of drug-likeness (QED) is 0.488. The third-order valence-corrected chi connectivity index (χ3v) is 4.29. The molecule has 0 fully saturated rings. The number of fused-ring (bicyclic) bond motifs is 3. The van der Waals surface area contributed by atoms with Gasteiger partial charge in [0.25, 0.3) is 0 Å². The van der Waals surface area contributed by atoms with Crippen LogP contribution in [0, 0.1) is 6.92 Å². The first-order chi connectivity index (χ1) is 11.5. The lowest BCUT2D eigenvalue weighted by atomic mass is 10.0. The molecule has 0 saturated carbocycles. The van der Waals surface area contributed by atoms with E-state index in [1.807, 2.05) is 6.07 Å². The minimum Gasteiger partial charge on any atom is -0.452 e. The van der Waals surface area contributed by atoms with E-state index in [0.29, 0.717) is 21.7 Å². The predicted octanol–water partition coefficient (Wildman–Crippen LogP) is 4.37. The van der Waals surface area contributed by atoms with Crippen LogP contribution >= 0.6 is 11.6 Å². The monoisotopic (exact) mass is 338 g/mol. The lowest BCUT2D eigenvalue weighted by molar-refractivity contribution is 0.101. The van der Waals surface area contributed by atoms with Gasteiger partial charge >= 0.3 is 5.63 Å². The Morgan fingerprint density at radius 2 is 1.88 bits per heavy atom. The number of carbonyl (C=O) groups is 1. The zero-order valence-corrected chi connectivity index (χ0v) is 13.4. The average molecular weight is 339 g/mol. The molecule has 0 saturated heterocycles. The van der Waals surface area contributed by atoms with Crippen LogP contribution in [-0.2, 0) is 0 Å². The molecule has 118 valence electrons. The van der Waals surface area contributed by atoms with Gasteiger partial charge in [-0.25, -0.2) is 4.79 Å². The molecule has 1 aliphatic heterocycles. The molecule has 0 spiro atoms. The summed E-state index contributed by atoms with van der Waals surface area (Å²) in [5, 5.41) is 1.23. The Morgan fingerprint density at radius 1 is 1.08 bits per heavy atom. The molecular weight excluding hydrogens is 328 g/mol. The minimum absolute atomic E-state index is 0.148. The second-order valence-electron chi connectivity index (χ2n) is 5.53. The van der Waals surface area contributed by atoms with E-state index >= 15 is 0 Å². The molecule has 24 heavy (non-hydrogen) atoms. The summed E-state index contributed by atoms with van der Waals surface area (Å²) in [5.74, 6) is 0.193. The number of aryl methyl sites for hydroxylation is 1. The number of Topliss-reactive ketones (excluding diaryl/α,β-unsaturated/α-hetero) is 1. The van der Waals surface area contributed by atoms with Crippen molar-refractivity contribution in [2.75, 3.05) is 0 Å². The van der Waals surface area contributed by atoms with Crippen LogP contribution in [0.3, 0.4) is 0 Å². The van der Waals surface area contributed by atoms with E-state index in [4.69, 9.17) is 20.8 Å². The fourth-order valence-corrected chi connectivity index (χ4v) is 2.97. The summed E-state index contributed by atoms with van der Waals surface area (Å²) in [6.45, 7) is 1.80. The van der Waals surface area contributed by atoms with Crippen LogP contribution in [0.15, 0.2) is 57.4 Å². The third kappa shape index (κ3) is 2.23. The van der Waals surface area contributed by atoms with Crippen molar-refractivity contribution in [3.8, 4) is 5.75 Å². The predicted molar refractivity (Wildman–Crippen MR) is 91.6 cm³/mol. The summed E-state index contributed by atoms with van der Waals surface area (Å²) < 4.78 is 10.9. The Kier molecular flexibility index (Phi) is 3.28. The van der Waals surface area contributed by atoms with E-state index in [0.717, 1.165) is 5.56 Å². The molecule has 0 N–H and O–H groups in total. The standard InChI is InChI=1S/C19H11ClO4/c1-10-8-16(21)24-19-12(10)6-7-14-17(19)18(22)15(23-14)9-11-4-2-3-5-13(11)20/h2-9H,1H3/b15-9+. The fourth-order valence-electron chi connectivity index (χ4n) is 2.78. The van der Waals surface area contributed by atoms with Crippen molar-refractivity contribution in [2.24, 2.45) is 0 Å². The first-order valence-electron chi connectivity index (χ1n) is 7.31. The fraction of sp³-hybridized carbons (Fsp3) is 0.0526. The number of allylic oxidation sites excluding steroid dienone is 1. The summed E-state index contributed by atoms with van der Waals surface area (Å²) >= 11 is 6.13. The summed E-state index contributed by atoms with van der Waals surface area (Å²) in [6.07, 6.45) is 1.59. The van der Waals surface area contributed by atoms with E-state index in [9.17, 15) is 9.59 Å². The van der Waals surface area contributed by atoms with Crippen molar-refractivity contribution in [2.45, 2.75) is 6.92 Å². The van der Waals surface area contributed by atoms with Crippen molar-refractivity contribution < 1.29 is 13.9 Å². The average Bonchev–Trinajstić information content (AvgIpc) is 2.86. The molecule has 1 aliphatic rings. The number of hydrogen-bond donors (Lipinski definition) is 0. The topological polar surface area (TPSA) is 56.5 Å². The molecule has 0 radical (unpaired) electrons. The van der Waals surface area contributed by atoms with Crippen LogP contribution in [0.25, 0.3) is 17.0 Å². The second kappa shape index (κ2) is 5.35. The number of carbonyl (C=O) groups excluding carboxylic acids is 1. The van der Waals surface area contributed by atoms with Crippen LogP contribution in [0.5, 0.6) is 5.75 Å². The number of hydrogen-bond acceptors (Lipinski definition) is 4. The number of ether oxygens (including phenoxy) is 1. The van der Waals surface area contributed by atoms with Gasteiger partial charge in [-0.15, -0.1) is 0 Å². The first kappa shape index (κ1) is 14.7. The van der Waals surface area contributed by atoms with Crippen LogP contribution in [-0.4, -0.2) is 5.78 Å². The van der Waals surface area contributed by atoms with Crippen LogP contribution in [0.4, 0.5) is 0 Å². The van der Waals surface area contributed by atoms with Gasteiger partial charge in [0.1, 0.15) is 11.3 Å². The van der Waals surface area contributed by atoms with Gasteiger partial charge in [-0.3, -0.25) is 4.79 Å². The maximum Gasteiger partial charge on any atom is 0.336 e. The van der Waals surface area contributed by atoms with E-state index in [1.165, 1.54) is 6.07 Å². The molecule has 2 heterocycles. The number of rotatable bonds is 1. The maximum atomic E-state index is 12.8. The van der Waals surface area contributed by atoms with Gasteiger partial charge in [0.05, 0.1) is 0 Å². The van der Waals surface area contributed by atoms with Gasteiger partial charge in [-0.05, 0) is 42.3 Å². The first-order valence-corrected chi connectivity index (χ1v) is 7.68. The molecule has 0 atom stereocenters. The molecule has 5 heteroatoms. The molecule has 3 aromatic rings. The Morgan fingerprint density at radius 3 is 2.67 bits per heavy atom. The largest absolute Gasteiger partial charge is 0.452 e. The molecule has 4 nitrogen and oxygen atoms in total. The molecule has 4 rings (SSSR count). The van der Waals surface area contributed by atoms with Crippen molar-refractivity contribution in [1.29, 1.82) is 0 Å². The molecule has 0 bridgehead atoms. The number of halogens is 1. The van der Waals surface area contributed by atoms with Crippen LogP contribution < -0.4 is 10.4 Å². The molecule has 0 amide bonds. The van der Waals surface area contributed by atoms with Crippen molar-refractivity contribution >= 4 is 34.4 Å². The van der Waals surface area contributed by atoms with E-state index in [-0.39, 0.29) is 22.7 Å². The van der Waals surface area contributed by atoms with Gasteiger partial charge in [0, 0.05) is 16.5 Å². The summed E-state index contributed by atoms with van der Waals surface area (Å²) in [7, 11) is 0. The summed E-state index contributed by atoms with van der Waals surface area (Å²) in [4.78, 5) is 24.4. The molecule has 0 unspecified atom stereocenters. The Hall–Kier alpha value is -2.85. The van der Waals surface area contributed by atoms with Crippen LogP contribution in [0.1, 0.15) is 21.5 Å². The van der Waals surface area contributed by atoms with Crippen LogP contribution in [0.2, 0.25) is 5.02 Å². The van der Waals surface area contributed by atoms with Gasteiger partial charge in [-0.1, -0.05) is 29.8 Å². The zero-order chi connectivity index (χ0) is 16.8. The summed E-state index contributed by atoms with van der Waals surface area (Å²) in [6, 6.07) is 12.0. The maximum absolute atomic E-state index is 12.8. The smallest absolute Gasteiger partial charge is 0.336 e. The normalized spacial score (nSPS) is 14.9. The van der Waals surface area contributed by atoms with Gasteiger partial charge < -0.3 is 9.15 Å². The van der Waals surface area contributed by atoms with Crippen molar-refractivity contribution in [3.05, 3.63) is 80.4 Å². The van der Waals surface area contributed by atoms with Gasteiger partial charge in [0.15, 0.2) is 11.3 Å². The second-order valence-corrected chi connectivity index (χ2v) is 5.93. The number of ketones is 1. The Labute approximate surface area is 141 Å². The van der Waals surface area contributed by atoms with Crippen molar-refractivity contribution in [3.63, 3.8) is 0 Å². The van der Waals surface area contributed by atoms with Gasteiger partial charge in [0.2, 0.25) is 5.78 Å². The van der Waals surface area contributed by atoms with E-state index < -0.39 is 5.63 Å². The minimum atomic E-state index is -0.496. The molecule has 2 aromatic carbocycles. The highest BCUT2D eigenvalue weighted by Gasteiger charge is 2.31. The Balaban J connectivity index is 1.91. The van der Waals surface area contributed by atoms with Crippen molar-refractivity contribution in [1.82, 2.24) is 0 Å². The summed E-state index contributed by atoms with van der Waals surface area (Å²) in [5.41, 5.74) is 1.46. The molecular formula is C19H11ClO4. The van der Waals surface area contributed by atoms with E-state index in [1.54, 1.807) is 43.3 Å². The lowest BCUT2D eigenvalue weighted by Crippen LogP contribution is -2.02. The number of benzene rings is 2. The highest BCUT2D eigenvalue weighted by molar-refractivity contribution is 6.32. The SMILES string of the molecule is Cc1cc(=O)oc2c3c(ccc12)O/C(=C/c1ccccc1Cl)C3=O.